The Morgan fingerprint density at radius 3 is 2.84 bits per heavy atom. The minimum absolute atomic E-state index is 0.0522. The SMILES string of the molecule is CN(C)CCCNCc1cccc2c1OC(C)(C)C2. The van der Waals surface area contributed by atoms with Crippen molar-refractivity contribution in [3.05, 3.63) is 29.3 Å². The molecule has 1 heterocycles. The van der Waals surface area contributed by atoms with E-state index in [2.05, 4.69) is 56.4 Å². The first-order valence-corrected chi connectivity index (χ1v) is 7.13. The smallest absolute Gasteiger partial charge is 0.127 e. The van der Waals surface area contributed by atoms with Crippen LogP contribution in [0.5, 0.6) is 5.75 Å². The highest BCUT2D eigenvalue weighted by atomic mass is 16.5. The molecule has 0 aliphatic carbocycles. The summed E-state index contributed by atoms with van der Waals surface area (Å²) in [6.45, 7) is 7.38. The van der Waals surface area contributed by atoms with Crippen LogP contribution in [0.15, 0.2) is 18.2 Å². The molecule has 1 N–H and O–H groups in total. The van der Waals surface area contributed by atoms with Crippen LogP contribution in [0.1, 0.15) is 31.4 Å². The number of hydrogen-bond donors (Lipinski definition) is 1. The number of fused-ring (bicyclic) bond motifs is 1. The molecule has 1 aromatic carbocycles. The molecule has 0 fully saturated rings. The second-order valence-electron chi connectivity index (χ2n) is 6.28. The maximum Gasteiger partial charge on any atom is 0.127 e. The summed E-state index contributed by atoms with van der Waals surface area (Å²) in [5.41, 5.74) is 2.58. The highest BCUT2D eigenvalue weighted by Crippen LogP contribution is 2.37. The molecule has 3 heteroatoms. The number of nitrogens with zero attached hydrogens (tertiary/aromatic N) is 1. The molecule has 1 aromatic rings. The number of benzene rings is 1. The molecule has 0 unspecified atom stereocenters. The number of ether oxygens (including phenoxy) is 1. The van der Waals surface area contributed by atoms with Crippen LogP contribution in [0.3, 0.4) is 0 Å². The highest BCUT2D eigenvalue weighted by molar-refractivity contribution is 5.45. The molecule has 0 bridgehead atoms. The van der Waals surface area contributed by atoms with Crippen molar-refractivity contribution in [3.8, 4) is 5.75 Å². The van der Waals surface area contributed by atoms with E-state index in [1.807, 2.05) is 0 Å². The first-order valence-electron chi connectivity index (χ1n) is 7.13. The Bertz CT molecular complexity index is 427. The van der Waals surface area contributed by atoms with E-state index in [1.165, 1.54) is 17.5 Å². The van der Waals surface area contributed by atoms with E-state index in [1.54, 1.807) is 0 Å². The van der Waals surface area contributed by atoms with Gasteiger partial charge < -0.3 is 15.0 Å². The van der Waals surface area contributed by atoms with Crippen molar-refractivity contribution in [3.63, 3.8) is 0 Å². The average Bonchev–Trinajstić information content (AvgIpc) is 2.63. The van der Waals surface area contributed by atoms with Gasteiger partial charge in [-0.2, -0.15) is 0 Å². The van der Waals surface area contributed by atoms with Crippen molar-refractivity contribution >= 4 is 0 Å². The molecule has 2 rings (SSSR count). The Labute approximate surface area is 116 Å². The summed E-state index contributed by atoms with van der Waals surface area (Å²) in [5, 5.41) is 3.51. The first kappa shape index (κ1) is 14.4. The van der Waals surface area contributed by atoms with Crippen LogP contribution in [-0.2, 0) is 13.0 Å². The second kappa shape index (κ2) is 5.93. The number of nitrogens with one attached hydrogen (secondary N) is 1. The van der Waals surface area contributed by atoms with E-state index >= 15 is 0 Å². The van der Waals surface area contributed by atoms with Gasteiger partial charge in [0.2, 0.25) is 0 Å². The standard InChI is InChI=1S/C16H26N2O/c1-16(2)11-13-7-5-8-14(15(13)19-16)12-17-9-6-10-18(3)4/h5,7-8,17H,6,9-12H2,1-4H3. The highest BCUT2D eigenvalue weighted by Gasteiger charge is 2.31. The van der Waals surface area contributed by atoms with Gasteiger partial charge in [0.25, 0.3) is 0 Å². The topological polar surface area (TPSA) is 24.5 Å². The van der Waals surface area contributed by atoms with Crippen LogP contribution in [-0.4, -0.2) is 37.7 Å². The molecule has 0 aromatic heterocycles. The van der Waals surface area contributed by atoms with E-state index in [4.69, 9.17) is 4.74 Å². The van der Waals surface area contributed by atoms with Crippen molar-refractivity contribution in [1.82, 2.24) is 10.2 Å². The van der Waals surface area contributed by atoms with Crippen molar-refractivity contribution in [2.75, 3.05) is 27.2 Å². The Balaban J connectivity index is 1.87. The minimum Gasteiger partial charge on any atom is -0.487 e. The van der Waals surface area contributed by atoms with E-state index < -0.39 is 0 Å². The van der Waals surface area contributed by atoms with Crippen LogP contribution in [0, 0.1) is 0 Å². The average molecular weight is 262 g/mol. The van der Waals surface area contributed by atoms with Gasteiger partial charge in [0.05, 0.1) is 0 Å². The second-order valence-corrected chi connectivity index (χ2v) is 6.28. The summed E-state index contributed by atoms with van der Waals surface area (Å²) in [5.74, 6) is 1.10. The number of hydrogen-bond acceptors (Lipinski definition) is 3. The normalized spacial score (nSPS) is 16.5. The Morgan fingerprint density at radius 1 is 1.32 bits per heavy atom. The molecule has 106 valence electrons. The molecule has 1 aliphatic rings. The minimum atomic E-state index is -0.0522. The third-order valence-corrected chi connectivity index (χ3v) is 3.45. The largest absolute Gasteiger partial charge is 0.487 e. The molecule has 0 spiro atoms. The Kier molecular flexibility index (Phi) is 4.48. The molecule has 0 radical (unpaired) electrons. The van der Waals surface area contributed by atoms with Crippen molar-refractivity contribution in [2.45, 2.75) is 38.8 Å². The summed E-state index contributed by atoms with van der Waals surface area (Å²) in [6.07, 6.45) is 2.19. The fraction of sp³-hybridized carbons (Fsp3) is 0.625. The third kappa shape index (κ3) is 3.95. The summed E-state index contributed by atoms with van der Waals surface area (Å²) < 4.78 is 6.07. The lowest BCUT2D eigenvalue weighted by Crippen LogP contribution is -2.25. The Hall–Kier alpha value is -1.06. The maximum atomic E-state index is 6.07. The molecular weight excluding hydrogens is 236 g/mol. The summed E-state index contributed by atoms with van der Waals surface area (Å²) in [4.78, 5) is 2.22. The van der Waals surface area contributed by atoms with Gasteiger partial charge in [-0.1, -0.05) is 18.2 Å². The third-order valence-electron chi connectivity index (χ3n) is 3.45. The van der Waals surface area contributed by atoms with Crippen molar-refractivity contribution in [1.29, 1.82) is 0 Å². The number of rotatable bonds is 6. The monoisotopic (exact) mass is 262 g/mol. The van der Waals surface area contributed by atoms with Gasteiger partial charge in [-0.15, -0.1) is 0 Å². The molecule has 1 aliphatic heterocycles. The molecular formula is C16H26N2O. The lowest BCUT2D eigenvalue weighted by Gasteiger charge is -2.18. The zero-order valence-corrected chi connectivity index (χ0v) is 12.6. The van der Waals surface area contributed by atoms with Crippen LogP contribution in [0.25, 0.3) is 0 Å². The van der Waals surface area contributed by atoms with Gasteiger partial charge in [-0.05, 0) is 53.0 Å². The fourth-order valence-electron chi connectivity index (χ4n) is 2.56. The lowest BCUT2D eigenvalue weighted by molar-refractivity contribution is 0.137. The van der Waals surface area contributed by atoms with Crippen LogP contribution >= 0.6 is 0 Å². The predicted octanol–water partition coefficient (Wildman–Crippen LogP) is 2.44. The summed E-state index contributed by atoms with van der Waals surface area (Å²) in [6, 6.07) is 6.49. The first-order chi connectivity index (χ1) is 8.98. The molecule has 3 nitrogen and oxygen atoms in total. The van der Waals surface area contributed by atoms with Gasteiger partial charge in [0.1, 0.15) is 11.4 Å². The predicted molar refractivity (Wildman–Crippen MR) is 79.7 cm³/mol. The van der Waals surface area contributed by atoms with Crippen LogP contribution < -0.4 is 10.1 Å². The maximum absolute atomic E-state index is 6.07. The van der Waals surface area contributed by atoms with Gasteiger partial charge in [0.15, 0.2) is 0 Å². The summed E-state index contributed by atoms with van der Waals surface area (Å²) in [7, 11) is 4.22. The van der Waals surface area contributed by atoms with E-state index in [0.717, 1.165) is 31.8 Å². The van der Waals surface area contributed by atoms with E-state index in [-0.39, 0.29) is 5.60 Å². The molecule has 0 saturated heterocycles. The van der Waals surface area contributed by atoms with E-state index in [9.17, 15) is 0 Å². The summed E-state index contributed by atoms with van der Waals surface area (Å²) >= 11 is 0. The zero-order valence-electron chi connectivity index (χ0n) is 12.6. The molecule has 0 saturated carbocycles. The van der Waals surface area contributed by atoms with Crippen LogP contribution in [0.2, 0.25) is 0 Å². The molecule has 19 heavy (non-hydrogen) atoms. The lowest BCUT2D eigenvalue weighted by atomic mass is 10.0. The Morgan fingerprint density at radius 2 is 2.11 bits per heavy atom. The molecule has 0 amide bonds. The van der Waals surface area contributed by atoms with Crippen molar-refractivity contribution in [2.24, 2.45) is 0 Å². The van der Waals surface area contributed by atoms with Gasteiger partial charge in [0, 0.05) is 18.5 Å². The zero-order chi connectivity index (χ0) is 13.9. The van der Waals surface area contributed by atoms with Gasteiger partial charge in [-0.25, -0.2) is 0 Å². The van der Waals surface area contributed by atoms with Gasteiger partial charge >= 0.3 is 0 Å². The van der Waals surface area contributed by atoms with Crippen molar-refractivity contribution < 1.29 is 4.74 Å². The fourth-order valence-corrected chi connectivity index (χ4v) is 2.56. The van der Waals surface area contributed by atoms with Gasteiger partial charge in [-0.3, -0.25) is 0 Å². The van der Waals surface area contributed by atoms with E-state index in [0.29, 0.717) is 0 Å². The quantitative estimate of drug-likeness (QED) is 0.797. The molecule has 0 atom stereocenters. The number of para-hydroxylation sites is 1. The van der Waals surface area contributed by atoms with Crippen LogP contribution in [0.4, 0.5) is 0 Å².